The van der Waals surface area contributed by atoms with Gasteiger partial charge in [-0.25, -0.2) is 0 Å². The van der Waals surface area contributed by atoms with Gasteiger partial charge >= 0.3 is 5.97 Å². The molecule has 1 heterocycles. The highest BCUT2D eigenvalue weighted by molar-refractivity contribution is 5.99. The Morgan fingerprint density at radius 3 is 2.50 bits per heavy atom. The van der Waals surface area contributed by atoms with Crippen molar-refractivity contribution in [1.29, 1.82) is 5.26 Å². The molecular formula is C24H24N2O6. The normalized spacial score (nSPS) is 12.9. The summed E-state index contributed by atoms with van der Waals surface area (Å²) in [6.45, 7) is 2.54. The van der Waals surface area contributed by atoms with E-state index in [1.165, 1.54) is 11.8 Å². The molecule has 1 atom stereocenters. The molecule has 0 spiro atoms. The summed E-state index contributed by atoms with van der Waals surface area (Å²) in [6.07, 6.45) is -1.12. The van der Waals surface area contributed by atoms with E-state index in [4.69, 9.17) is 19.5 Å². The number of carbonyl (C=O) groups excluding carboxylic acids is 3. The molecule has 0 N–H and O–H groups in total. The van der Waals surface area contributed by atoms with Gasteiger partial charge in [0.15, 0.2) is 23.4 Å². The number of hydrogen-bond acceptors (Lipinski definition) is 7. The van der Waals surface area contributed by atoms with E-state index in [1.807, 2.05) is 12.1 Å². The molecule has 0 saturated carbocycles. The summed E-state index contributed by atoms with van der Waals surface area (Å²) >= 11 is 0. The van der Waals surface area contributed by atoms with Gasteiger partial charge in [0, 0.05) is 24.2 Å². The van der Waals surface area contributed by atoms with E-state index < -0.39 is 18.0 Å². The molecule has 1 aliphatic heterocycles. The van der Waals surface area contributed by atoms with Crippen molar-refractivity contribution in [3.8, 4) is 17.6 Å². The Balaban J connectivity index is 1.54. The summed E-state index contributed by atoms with van der Waals surface area (Å²) in [5.74, 6) is -0.234. The third kappa shape index (κ3) is 5.85. The van der Waals surface area contributed by atoms with Crippen LogP contribution >= 0.6 is 0 Å². The van der Waals surface area contributed by atoms with Crippen LogP contribution in [0.25, 0.3) is 0 Å². The van der Waals surface area contributed by atoms with Crippen molar-refractivity contribution in [3.05, 3.63) is 54.1 Å². The van der Waals surface area contributed by atoms with Crippen LogP contribution in [0.4, 0.5) is 5.69 Å². The second-order valence-corrected chi connectivity index (χ2v) is 7.15. The first-order valence-electron chi connectivity index (χ1n) is 10.4. The highest BCUT2D eigenvalue weighted by Gasteiger charge is 2.25. The number of fused-ring (bicyclic) bond motifs is 1. The zero-order chi connectivity index (χ0) is 22.9. The highest BCUT2D eigenvalue weighted by Crippen LogP contribution is 2.31. The number of para-hydroxylation sites is 1. The lowest BCUT2D eigenvalue weighted by atomic mass is 10.1. The molecule has 8 heteroatoms. The first kappa shape index (κ1) is 22.8. The van der Waals surface area contributed by atoms with Gasteiger partial charge in [-0.1, -0.05) is 18.2 Å². The maximum Gasteiger partial charge on any atom is 0.307 e. The summed E-state index contributed by atoms with van der Waals surface area (Å²) in [5.41, 5.74) is 1.03. The number of carbonyl (C=O) groups is 3. The van der Waals surface area contributed by atoms with Crippen LogP contribution in [0.2, 0.25) is 0 Å². The number of rotatable bonds is 9. The highest BCUT2D eigenvalue weighted by atomic mass is 16.6. The molecule has 0 aliphatic carbocycles. The Morgan fingerprint density at radius 1 is 1.06 bits per heavy atom. The number of ketones is 1. The molecule has 0 saturated heterocycles. The van der Waals surface area contributed by atoms with E-state index in [-0.39, 0.29) is 31.6 Å². The topological polar surface area (TPSA) is 106 Å². The van der Waals surface area contributed by atoms with Gasteiger partial charge in [-0.2, -0.15) is 5.26 Å². The molecule has 8 nitrogen and oxygen atoms in total. The number of Topliss-reactive ketones (excluding diaryl/α,β-unsaturated/α-hetero) is 1. The lowest BCUT2D eigenvalue weighted by Crippen LogP contribution is -2.40. The van der Waals surface area contributed by atoms with Gasteiger partial charge in [0.05, 0.1) is 18.9 Å². The van der Waals surface area contributed by atoms with Crippen molar-refractivity contribution in [1.82, 2.24) is 0 Å². The first-order valence-corrected chi connectivity index (χ1v) is 10.4. The lowest BCUT2D eigenvalue weighted by molar-refractivity contribution is -0.153. The Bertz CT molecular complexity index is 1010. The fraction of sp³-hybridized carbons (Fsp3) is 0.333. The van der Waals surface area contributed by atoms with Crippen LogP contribution in [0.3, 0.4) is 0 Å². The number of nitrogens with zero attached hydrogens (tertiary/aromatic N) is 2. The number of nitriles is 1. The molecule has 1 aliphatic rings. The summed E-state index contributed by atoms with van der Waals surface area (Å²) in [7, 11) is 0. The average molecular weight is 436 g/mol. The van der Waals surface area contributed by atoms with Gasteiger partial charge in [0.1, 0.15) is 13.2 Å². The molecule has 1 amide bonds. The Hall–Kier alpha value is -3.86. The number of esters is 1. The molecule has 32 heavy (non-hydrogen) atoms. The molecule has 3 rings (SSSR count). The van der Waals surface area contributed by atoms with Crippen LogP contribution in [-0.4, -0.2) is 43.5 Å². The van der Waals surface area contributed by atoms with E-state index in [2.05, 4.69) is 0 Å². The van der Waals surface area contributed by atoms with Crippen LogP contribution in [0.1, 0.15) is 36.5 Å². The predicted molar refractivity (Wildman–Crippen MR) is 116 cm³/mol. The van der Waals surface area contributed by atoms with Crippen LogP contribution < -0.4 is 14.4 Å². The molecule has 2 aromatic carbocycles. The van der Waals surface area contributed by atoms with E-state index >= 15 is 0 Å². The molecule has 166 valence electrons. The van der Waals surface area contributed by atoms with Crippen molar-refractivity contribution < 1.29 is 28.6 Å². The van der Waals surface area contributed by atoms with E-state index in [1.54, 1.807) is 42.5 Å². The van der Waals surface area contributed by atoms with E-state index in [0.29, 0.717) is 36.0 Å². The smallest absolute Gasteiger partial charge is 0.307 e. The number of benzene rings is 2. The zero-order valence-corrected chi connectivity index (χ0v) is 17.8. The molecule has 0 unspecified atom stereocenters. The molecular weight excluding hydrogens is 412 g/mol. The van der Waals surface area contributed by atoms with Crippen LogP contribution in [0.5, 0.6) is 11.5 Å². The largest absolute Gasteiger partial charge is 0.486 e. The van der Waals surface area contributed by atoms with E-state index in [9.17, 15) is 14.4 Å². The fourth-order valence-electron chi connectivity index (χ4n) is 3.24. The number of anilines is 1. The molecule has 0 bridgehead atoms. The van der Waals surface area contributed by atoms with Gasteiger partial charge in [-0.05, 0) is 37.3 Å². The van der Waals surface area contributed by atoms with Gasteiger partial charge in [0.25, 0.3) is 5.91 Å². The van der Waals surface area contributed by atoms with Crippen molar-refractivity contribution >= 4 is 23.3 Å². The van der Waals surface area contributed by atoms with Crippen LogP contribution in [0, 0.1) is 11.3 Å². The second-order valence-electron chi connectivity index (χ2n) is 7.15. The molecule has 0 radical (unpaired) electrons. The van der Waals surface area contributed by atoms with Gasteiger partial charge in [-0.3, -0.25) is 14.4 Å². The van der Waals surface area contributed by atoms with Crippen molar-refractivity contribution in [2.45, 2.75) is 32.3 Å². The standard InChI is InChI=1S/C24H24N2O6/c1-17(24(29)26(13-5-12-25)19-6-3-2-4-7-19)32-23(28)11-9-20(27)18-8-10-21-22(16-18)31-15-14-30-21/h2-4,6-8,10,16-17H,5,9,11,13-15H2,1H3/t17-/m0/s1. The summed E-state index contributed by atoms with van der Waals surface area (Å²) in [5, 5.41) is 8.89. The number of ether oxygens (including phenoxy) is 3. The average Bonchev–Trinajstić information content (AvgIpc) is 2.83. The SMILES string of the molecule is C[C@H](OC(=O)CCC(=O)c1ccc2c(c1)OCCO2)C(=O)N(CCC#N)c1ccccc1. The summed E-state index contributed by atoms with van der Waals surface area (Å²) in [4.78, 5) is 39.0. The fourth-order valence-corrected chi connectivity index (χ4v) is 3.24. The van der Waals surface area contributed by atoms with Gasteiger partial charge in [-0.15, -0.1) is 0 Å². The van der Waals surface area contributed by atoms with Crippen molar-refractivity contribution in [2.75, 3.05) is 24.7 Å². The van der Waals surface area contributed by atoms with Crippen molar-refractivity contribution in [2.24, 2.45) is 0 Å². The van der Waals surface area contributed by atoms with E-state index in [0.717, 1.165) is 0 Å². The maximum absolute atomic E-state index is 12.8. The third-order valence-corrected chi connectivity index (χ3v) is 4.86. The third-order valence-electron chi connectivity index (χ3n) is 4.86. The molecule has 2 aromatic rings. The van der Waals surface area contributed by atoms with Gasteiger partial charge < -0.3 is 19.1 Å². The Labute approximate surface area is 186 Å². The zero-order valence-electron chi connectivity index (χ0n) is 17.8. The first-order chi connectivity index (χ1) is 15.5. The van der Waals surface area contributed by atoms with Gasteiger partial charge in [0.2, 0.25) is 0 Å². The maximum atomic E-state index is 12.8. The minimum Gasteiger partial charge on any atom is -0.486 e. The second kappa shape index (κ2) is 11.0. The predicted octanol–water partition coefficient (Wildman–Crippen LogP) is 3.30. The molecule has 0 fully saturated rings. The van der Waals surface area contributed by atoms with Crippen molar-refractivity contribution in [3.63, 3.8) is 0 Å². The Kier molecular flexibility index (Phi) is 7.81. The molecule has 0 aromatic heterocycles. The minimum atomic E-state index is -1.05. The quantitative estimate of drug-likeness (QED) is 0.439. The Morgan fingerprint density at radius 2 is 1.78 bits per heavy atom. The summed E-state index contributed by atoms with van der Waals surface area (Å²) < 4.78 is 16.2. The monoisotopic (exact) mass is 436 g/mol. The van der Waals surface area contributed by atoms with Crippen LogP contribution in [0.15, 0.2) is 48.5 Å². The summed E-state index contributed by atoms with van der Waals surface area (Å²) in [6, 6.07) is 15.8. The minimum absolute atomic E-state index is 0.0593. The number of amides is 1. The lowest BCUT2D eigenvalue weighted by Gasteiger charge is -2.25. The van der Waals surface area contributed by atoms with Crippen LogP contribution in [-0.2, 0) is 14.3 Å². The number of hydrogen-bond donors (Lipinski definition) is 0.